The van der Waals surface area contributed by atoms with E-state index in [4.69, 9.17) is 4.74 Å². The molecule has 0 saturated carbocycles. The van der Waals surface area contributed by atoms with Gasteiger partial charge in [0.05, 0.1) is 12.0 Å². The number of aromatic nitrogens is 4. The first-order chi connectivity index (χ1) is 18.3. The highest BCUT2D eigenvalue weighted by atomic mass is 32.2. The summed E-state index contributed by atoms with van der Waals surface area (Å²) in [6, 6.07) is 30.5. The number of ether oxygens (including phenoxy) is 1. The van der Waals surface area contributed by atoms with E-state index >= 15 is 0 Å². The van der Waals surface area contributed by atoms with Gasteiger partial charge in [0.2, 0.25) is 0 Å². The van der Waals surface area contributed by atoms with Crippen LogP contribution in [0.15, 0.2) is 120 Å². The van der Waals surface area contributed by atoms with Gasteiger partial charge in [0.15, 0.2) is 11.0 Å². The fourth-order valence-corrected chi connectivity index (χ4v) is 4.23. The van der Waals surface area contributed by atoms with Gasteiger partial charge in [0.1, 0.15) is 11.5 Å². The Kier molecular flexibility index (Phi) is 7.63. The third-order valence-electron chi connectivity index (χ3n) is 5.16. The van der Waals surface area contributed by atoms with Gasteiger partial charge < -0.3 is 4.74 Å². The van der Waals surface area contributed by atoms with Crippen molar-refractivity contribution < 1.29 is 9.53 Å². The second-order valence-corrected chi connectivity index (χ2v) is 8.72. The third-order valence-corrected chi connectivity index (χ3v) is 6.09. The zero-order valence-corrected chi connectivity index (χ0v) is 20.5. The number of hydrogen-bond donors (Lipinski definition) is 1. The number of carbonyl (C=O) groups is 1. The maximum atomic E-state index is 12.5. The molecule has 0 atom stereocenters. The van der Waals surface area contributed by atoms with Crippen molar-refractivity contribution in [1.82, 2.24) is 25.2 Å². The first-order valence-electron chi connectivity index (χ1n) is 11.5. The van der Waals surface area contributed by atoms with Crippen molar-refractivity contribution in [3.8, 4) is 28.6 Å². The number of rotatable bonds is 9. The minimum Gasteiger partial charge on any atom is -0.457 e. The highest BCUT2D eigenvalue weighted by Crippen LogP contribution is 2.27. The van der Waals surface area contributed by atoms with Crippen LogP contribution in [0.1, 0.15) is 5.56 Å². The van der Waals surface area contributed by atoms with Crippen molar-refractivity contribution in [3.05, 3.63) is 115 Å². The number of amides is 1. The van der Waals surface area contributed by atoms with Gasteiger partial charge in [-0.25, -0.2) is 5.43 Å². The lowest BCUT2D eigenvalue weighted by Crippen LogP contribution is -2.20. The standard InChI is InChI=1S/C28H22N6O2S/c35-26(31-30-19-21-8-7-13-25(18-21)36-24-11-5-2-6-12-24)20-37-28-33-32-27(22-14-16-29-17-15-22)34(28)23-9-3-1-4-10-23/h1-19H,20H2,(H,31,35)/b30-19-. The number of nitrogens with zero attached hydrogens (tertiary/aromatic N) is 5. The molecule has 9 heteroatoms. The van der Waals surface area contributed by atoms with Gasteiger partial charge >= 0.3 is 0 Å². The second kappa shape index (κ2) is 11.8. The van der Waals surface area contributed by atoms with E-state index in [9.17, 15) is 4.79 Å². The molecule has 0 unspecified atom stereocenters. The van der Waals surface area contributed by atoms with Crippen LogP contribution in [0, 0.1) is 0 Å². The molecule has 182 valence electrons. The Morgan fingerprint density at radius 2 is 1.62 bits per heavy atom. The summed E-state index contributed by atoms with van der Waals surface area (Å²) < 4.78 is 7.77. The van der Waals surface area contributed by atoms with Crippen LogP contribution in [0.3, 0.4) is 0 Å². The highest BCUT2D eigenvalue weighted by Gasteiger charge is 2.17. The Hall–Kier alpha value is -4.76. The molecule has 0 bridgehead atoms. The number of nitrogens with one attached hydrogen (secondary N) is 1. The van der Waals surface area contributed by atoms with Gasteiger partial charge in [-0.05, 0) is 54.1 Å². The van der Waals surface area contributed by atoms with Crippen LogP contribution in [-0.2, 0) is 4.79 Å². The normalized spacial score (nSPS) is 10.9. The Balaban J connectivity index is 1.23. The number of hydrogen-bond acceptors (Lipinski definition) is 7. The Bertz CT molecular complexity index is 1490. The molecule has 0 aliphatic carbocycles. The zero-order valence-electron chi connectivity index (χ0n) is 19.6. The van der Waals surface area contributed by atoms with Crippen LogP contribution in [0.25, 0.3) is 17.1 Å². The van der Waals surface area contributed by atoms with E-state index in [-0.39, 0.29) is 11.7 Å². The van der Waals surface area contributed by atoms with E-state index in [1.807, 2.05) is 102 Å². The summed E-state index contributed by atoms with van der Waals surface area (Å²) in [6.45, 7) is 0. The van der Waals surface area contributed by atoms with Gasteiger partial charge in [-0.15, -0.1) is 10.2 Å². The summed E-state index contributed by atoms with van der Waals surface area (Å²) in [5.41, 5.74) is 5.15. The predicted molar refractivity (Wildman–Crippen MR) is 144 cm³/mol. The van der Waals surface area contributed by atoms with Crippen LogP contribution in [0.2, 0.25) is 0 Å². The first kappa shape index (κ1) is 24.0. The fraction of sp³-hybridized carbons (Fsp3) is 0.0357. The molecule has 0 spiro atoms. The molecule has 37 heavy (non-hydrogen) atoms. The Morgan fingerprint density at radius 1 is 0.892 bits per heavy atom. The van der Waals surface area contributed by atoms with Crippen LogP contribution >= 0.6 is 11.8 Å². The van der Waals surface area contributed by atoms with E-state index in [1.54, 1.807) is 18.6 Å². The summed E-state index contributed by atoms with van der Waals surface area (Å²) in [5.74, 6) is 1.97. The average molecular weight is 507 g/mol. The maximum absolute atomic E-state index is 12.5. The Morgan fingerprint density at radius 3 is 2.41 bits per heavy atom. The molecule has 5 aromatic rings. The monoisotopic (exact) mass is 506 g/mol. The van der Waals surface area contributed by atoms with E-state index in [1.165, 1.54) is 11.8 Å². The first-order valence-corrected chi connectivity index (χ1v) is 12.4. The van der Waals surface area contributed by atoms with Crippen molar-refractivity contribution in [3.63, 3.8) is 0 Å². The number of benzene rings is 3. The topological polar surface area (TPSA) is 94.3 Å². The van der Waals surface area contributed by atoms with Crippen LogP contribution in [-0.4, -0.2) is 37.6 Å². The minimum atomic E-state index is -0.258. The molecule has 3 aromatic carbocycles. The summed E-state index contributed by atoms with van der Waals surface area (Å²) in [5, 5.41) is 13.4. The number of carbonyl (C=O) groups excluding carboxylic acids is 1. The lowest BCUT2D eigenvalue weighted by atomic mass is 10.2. The maximum Gasteiger partial charge on any atom is 0.250 e. The summed E-state index contributed by atoms with van der Waals surface area (Å²) >= 11 is 1.28. The molecule has 8 nitrogen and oxygen atoms in total. The lowest BCUT2D eigenvalue weighted by Gasteiger charge is -2.10. The van der Waals surface area contributed by atoms with Crippen LogP contribution in [0.5, 0.6) is 11.5 Å². The second-order valence-electron chi connectivity index (χ2n) is 7.78. The molecule has 0 aliphatic rings. The van der Waals surface area contributed by atoms with E-state index in [0.29, 0.717) is 16.7 Å². The van der Waals surface area contributed by atoms with Crippen molar-refractivity contribution in [2.75, 3.05) is 5.75 Å². The number of pyridine rings is 1. The van der Waals surface area contributed by atoms with Crippen molar-refractivity contribution >= 4 is 23.9 Å². The van der Waals surface area contributed by atoms with Gasteiger partial charge in [-0.3, -0.25) is 14.3 Å². The third kappa shape index (κ3) is 6.28. The minimum absolute atomic E-state index is 0.121. The van der Waals surface area contributed by atoms with Crippen molar-refractivity contribution in [1.29, 1.82) is 0 Å². The largest absolute Gasteiger partial charge is 0.457 e. The summed E-state index contributed by atoms with van der Waals surface area (Å²) in [7, 11) is 0. The van der Waals surface area contributed by atoms with Crippen molar-refractivity contribution in [2.24, 2.45) is 5.10 Å². The van der Waals surface area contributed by atoms with Gasteiger partial charge in [-0.1, -0.05) is 60.3 Å². The van der Waals surface area contributed by atoms with E-state index in [2.05, 4.69) is 25.7 Å². The van der Waals surface area contributed by atoms with Crippen LogP contribution < -0.4 is 10.2 Å². The fourth-order valence-electron chi connectivity index (χ4n) is 3.49. The number of thioether (sulfide) groups is 1. The van der Waals surface area contributed by atoms with Crippen molar-refractivity contribution in [2.45, 2.75) is 5.16 Å². The SMILES string of the molecule is O=C(CSc1nnc(-c2ccncc2)n1-c1ccccc1)N/N=C\c1cccc(Oc2ccccc2)c1. The highest BCUT2D eigenvalue weighted by molar-refractivity contribution is 7.99. The zero-order chi connectivity index (χ0) is 25.3. The summed E-state index contributed by atoms with van der Waals surface area (Å²) in [4.78, 5) is 16.6. The molecule has 0 saturated heterocycles. The molecular weight excluding hydrogens is 484 g/mol. The number of para-hydroxylation sites is 2. The van der Waals surface area contributed by atoms with Gasteiger partial charge in [0.25, 0.3) is 5.91 Å². The molecule has 0 radical (unpaired) electrons. The lowest BCUT2D eigenvalue weighted by molar-refractivity contribution is -0.118. The number of hydrazone groups is 1. The molecule has 1 amide bonds. The molecular formula is C28H22N6O2S. The van der Waals surface area contributed by atoms with E-state index in [0.717, 1.165) is 22.6 Å². The van der Waals surface area contributed by atoms with Gasteiger partial charge in [0, 0.05) is 23.6 Å². The predicted octanol–water partition coefficient (Wildman–Crippen LogP) is 5.36. The molecule has 1 N–H and O–H groups in total. The quantitative estimate of drug-likeness (QED) is 0.164. The molecule has 2 heterocycles. The average Bonchev–Trinajstić information content (AvgIpc) is 3.38. The molecule has 0 aliphatic heterocycles. The smallest absolute Gasteiger partial charge is 0.250 e. The van der Waals surface area contributed by atoms with Crippen LogP contribution in [0.4, 0.5) is 0 Å². The Labute approximate surface area is 218 Å². The molecule has 2 aromatic heterocycles. The molecule has 0 fully saturated rings. The van der Waals surface area contributed by atoms with Gasteiger partial charge in [-0.2, -0.15) is 5.10 Å². The van der Waals surface area contributed by atoms with E-state index < -0.39 is 0 Å². The summed E-state index contributed by atoms with van der Waals surface area (Å²) in [6.07, 6.45) is 5.00. The molecule has 5 rings (SSSR count).